The van der Waals surface area contributed by atoms with Gasteiger partial charge in [0.1, 0.15) is 0 Å². The van der Waals surface area contributed by atoms with Gasteiger partial charge < -0.3 is 10.1 Å². The van der Waals surface area contributed by atoms with Crippen LogP contribution in [0.1, 0.15) is 23.1 Å². The molecule has 1 aliphatic heterocycles. The Hall–Kier alpha value is -1.54. The highest BCUT2D eigenvalue weighted by molar-refractivity contribution is 7.99. The van der Waals surface area contributed by atoms with Crippen molar-refractivity contribution in [2.75, 3.05) is 12.0 Å². The molecule has 1 unspecified atom stereocenters. The zero-order valence-corrected chi connectivity index (χ0v) is 19.2. The Balaban J connectivity index is 1.85. The zero-order valence-electron chi connectivity index (χ0n) is 16.2. The van der Waals surface area contributed by atoms with Crippen LogP contribution < -0.4 is 5.32 Å². The molecule has 2 aromatic rings. The molecule has 0 fully saturated rings. The minimum absolute atomic E-state index is 0.0825. The first kappa shape index (κ1) is 24.1. The van der Waals surface area contributed by atoms with Crippen molar-refractivity contribution in [2.24, 2.45) is 0 Å². The average molecular weight is 511 g/mol. The molecule has 3 rings (SSSR count). The van der Waals surface area contributed by atoms with Crippen LogP contribution in [-0.2, 0) is 21.7 Å². The van der Waals surface area contributed by atoms with Crippen molar-refractivity contribution >= 4 is 58.0 Å². The van der Waals surface area contributed by atoms with Crippen LogP contribution in [0, 0.1) is 0 Å². The van der Waals surface area contributed by atoms with E-state index in [1.54, 1.807) is 18.2 Å². The van der Waals surface area contributed by atoms with E-state index < -0.39 is 18.2 Å². The maximum atomic E-state index is 14.1. The van der Waals surface area contributed by atoms with Crippen LogP contribution in [0.3, 0.4) is 0 Å². The summed E-state index contributed by atoms with van der Waals surface area (Å²) in [6.07, 6.45) is -2.27. The monoisotopic (exact) mass is 509 g/mol. The van der Waals surface area contributed by atoms with Crippen LogP contribution in [0.4, 0.5) is 13.2 Å². The minimum atomic E-state index is -4.72. The lowest BCUT2D eigenvalue weighted by molar-refractivity contribution is -0.260. The Labute approximate surface area is 196 Å². The van der Waals surface area contributed by atoms with Crippen LogP contribution in [0.5, 0.6) is 0 Å². The molecule has 0 spiro atoms. The Kier molecular flexibility index (Phi) is 7.41. The molecular formula is C21H17Cl3F3NO2S. The molecule has 0 radical (unpaired) electrons. The third-order valence-corrected chi connectivity index (χ3v) is 6.14. The van der Waals surface area contributed by atoms with E-state index in [1.165, 1.54) is 30.0 Å². The van der Waals surface area contributed by atoms with E-state index in [2.05, 4.69) is 5.32 Å². The van der Waals surface area contributed by atoms with Gasteiger partial charge >= 0.3 is 6.18 Å². The number of amides is 1. The molecule has 1 atom stereocenters. The summed E-state index contributed by atoms with van der Waals surface area (Å²) in [6.45, 7) is 0.224. The normalized spacial score (nSPS) is 18.5. The van der Waals surface area contributed by atoms with Gasteiger partial charge in [-0.05, 0) is 47.2 Å². The van der Waals surface area contributed by atoms with E-state index in [4.69, 9.17) is 39.5 Å². The molecule has 0 saturated carbocycles. The van der Waals surface area contributed by atoms with Crippen molar-refractivity contribution in [2.45, 2.75) is 24.7 Å². The number of hydrogen-bond donors (Lipinski definition) is 1. The third kappa shape index (κ3) is 5.28. The molecule has 1 aliphatic rings. The van der Waals surface area contributed by atoms with Gasteiger partial charge in [-0.15, -0.1) is 0 Å². The fourth-order valence-corrected chi connectivity index (χ4v) is 4.39. The molecule has 10 heteroatoms. The topological polar surface area (TPSA) is 38.3 Å². The minimum Gasteiger partial charge on any atom is -0.480 e. The summed E-state index contributed by atoms with van der Waals surface area (Å²) in [7, 11) is 0. The molecule has 0 saturated heterocycles. The Morgan fingerprint density at radius 3 is 2.42 bits per heavy atom. The van der Waals surface area contributed by atoms with E-state index in [1.807, 2.05) is 6.26 Å². The number of carbonyl (C=O) groups excluding carboxylic acids is 1. The Bertz CT molecular complexity index is 1010. The van der Waals surface area contributed by atoms with Crippen LogP contribution in [0.15, 0.2) is 42.7 Å². The highest BCUT2D eigenvalue weighted by atomic mass is 35.5. The van der Waals surface area contributed by atoms with Gasteiger partial charge in [-0.3, -0.25) is 4.79 Å². The number of ether oxygens (including phenoxy) is 1. The maximum absolute atomic E-state index is 14.1. The Morgan fingerprint density at radius 1 is 1.16 bits per heavy atom. The lowest BCUT2D eigenvalue weighted by Crippen LogP contribution is -2.42. The SMILES string of the molecule is CSCC(=O)NCc1ccc(C2=COC(c3cc(Cl)cc(Cl)c3)(C(F)(F)F)C2)cc1Cl. The molecule has 3 nitrogen and oxygen atoms in total. The number of rotatable bonds is 6. The highest BCUT2D eigenvalue weighted by Gasteiger charge is 2.60. The molecule has 1 heterocycles. The third-order valence-electron chi connectivity index (χ3n) is 4.80. The molecular weight excluding hydrogens is 494 g/mol. The fourth-order valence-electron chi connectivity index (χ4n) is 3.25. The lowest BCUT2D eigenvalue weighted by atomic mass is 9.86. The highest BCUT2D eigenvalue weighted by Crippen LogP contribution is 2.52. The zero-order chi connectivity index (χ0) is 22.8. The summed E-state index contributed by atoms with van der Waals surface area (Å²) in [4.78, 5) is 11.6. The molecule has 31 heavy (non-hydrogen) atoms. The fraction of sp³-hybridized carbons (Fsp3) is 0.286. The van der Waals surface area contributed by atoms with Gasteiger partial charge in [-0.1, -0.05) is 46.9 Å². The first-order chi connectivity index (χ1) is 14.6. The van der Waals surface area contributed by atoms with Crippen molar-refractivity contribution in [1.82, 2.24) is 5.32 Å². The van der Waals surface area contributed by atoms with Gasteiger partial charge in [0.2, 0.25) is 11.5 Å². The number of thioether (sulfide) groups is 1. The van der Waals surface area contributed by atoms with Gasteiger partial charge in [0.15, 0.2) is 0 Å². The summed E-state index contributed by atoms with van der Waals surface area (Å²) in [6, 6.07) is 8.63. The molecule has 0 aromatic heterocycles. The number of hydrogen-bond acceptors (Lipinski definition) is 3. The maximum Gasteiger partial charge on any atom is 0.432 e. The van der Waals surface area contributed by atoms with Crippen molar-refractivity contribution in [3.63, 3.8) is 0 Å². The van der Waals surface area contributed by atoms with E-state index in [0.29, 0.717) is 27.5 Å². The largest absolute Gasteiger partial charge is 0.480 e. The first-order valence-corrected chi connectivity index (χ1v) is 11.5. The molecule has 2 aromatic carbocycles. The summed E-state index contributed by atoms with van der Waals surface area (Å²) in [5.41, 5.74) is -1.31. The second-order valence-electron chi connectivity index (χ2n) is 6.94. The van der Waals surface area contributed by atoms with E-state index in [9.17, 15) is 18.0 Å². The molecule has 1 N–H and O–H groups in total. The van der Waals surface area contributed by atoms with Crippen molar-refractivity contribution in [3.05, 3.63) is 74.4 Å². The number of halogens is 6. The van der Waals surface area contributed by atoms with Crippen molar-refractivity contribution in [3.8, 4) is 0 Å². The van der Waals surface area contributed by atoms with Gasteiger partial charge in [-0.25, -0.2) is 0 Å². The summed E-state index contributed by atoms with van der Waals surface area (Å²) >= 11 is 19.6. The van der Waals surface area contributed by atoms with E-state index >= 15 is 0 Å². The van der Waals surface area contributed by atoms with Gasteiger partial charge in [-0.2, -0.15) is 24.9 Å². The van der Waals surface area contributed by atoms with Crippen molar-refractivity contribution in [1.29, 1.82) is 0 Å². The number of carbonyl (C=O) groups is 1. The standard InChI is InChI=1S/C21H17Cl3F3NO2S/c1-31-11-19(29)28-9-13-3-2-12(4-18(13)24)14-8-20(30-10-14,21(25,26)27)15-5-16(22)7-17(23)6-15/h2-7,10H,8-9,11H2,1H3,(H,28,29). The summed E-state index contributed by atoms with van der Waals surface area (Å²) < 4.78 is 47.6. The average Bonchev–Trinajstić information content (AvgIpc) is 3.13. The van der Waals surface area contributed by atoms with Crippen LogP contribution in [0.2, 0.25) is 15.1 Å². The quantitative estimate of drug-likeness (QED) is 0.462. The van der Waals surface area contributed by atoms with Gasteiger partial charge in [0, 0.05) is 33.6 Å². The first-order valence-electron chi connectivity index (χ1n) is 9.00. The van der Waals surface area contributed by atoms with E-state index in [0.717, 1.165) is 6.26 Å². The number of alkyl halides is 3. The smallest absolute Gasteiger partial charge is 0.432 e. The predicted molar refractivity (Wildman–Crippen MR) is 120 cm³/mol. The predicted octanol–water partition coefficient (Wildman–Crippen LogP) is 6.85. The number of nitrogens with one attached hydrogen (secondary N) is 1. The van der Waals surface area contributed by atoms with Crippen molar-refractivity contribution < 1.29 is 22.7 Å². The Morgan fingerprint density at radius 2 is 1.84 bits per heavy atom. The van der Waals surface area contributed by atoms with Crippen LogP contribution in [-0.4, -0.2) is 24.1 Å². The van der Waals surface area contributed by atoms with Gasteiger partial charge in [0.05, 0.1) is 12.0 Å². The second kappa shape index (κ2) is 9.53. The molecule has 1 amide bonds. The molecule has 166 valence electrons. The summed E-state index contributed by atoms with van der Waals surface area (Å²) in [5.74, 6) is 0.196. The molecule has 0 aliphatic carbocycles. The number of benzene rings is 2. The van der Waals surface area contributed by atoms with Crippen LogP contribution in [0.25, 0.3) is 5.57 Å². The summed E-state index contributed by atoms with van der Waals surface area (Å²) in [5, 5.41) is 3.23. The second-order valence-corrected chi connectivity index (χ2v) is 9.08. The lowest BCUT2D eigenvalue weighted by Gasteiger charge is -2.32. The molecule has 0 bridgehead atoms. The van der Waals surface area contributed by atoms with Crippen LogP contribution >= 0.6 is 46.6 Å². The van der Waals surface area contributed by atoms with Gasteiger partial charge in [0.25, 0.3) is 0 Å². The van der Waals surface area contributed by atoms with E-state index in [-0.39, 0.29) is 28.1 Å².